The van der Waals surface area contributed by atoms with Crippen molar-refractivity contribution in [3.63, 3.8) is 0 Å². The van der Waals surface area contributed by atoms with Crippen LogP contribution in [0.4, 0.5) is 18.9 Å². The lowest BCUT2D eigenvalue weighted by Gasteiger charge is -2.50. The van der Waals surface area contributed by atoms with Crippen LogP contribution in [-0.4, -0.2) is 74.4 Å². The third kappa shape index (κ3) is 5.40. The smallest absolute Gasteiger partial charge is 0.416 e. The molecule has 2 amide bonds. The van der Waals surface area contributed by atoms with Crippen molar-refractivity contribution < 1.29 is 52.8 Å². The number of phenols is 1. The number of rotatable bonds is 5. The first kappa shape index (κ1) is 35.1. The molecule has 4 unspecified atom stereocenters. The first-order chi connectivity index (χ1) is 20.9. The number of nitrogens with two attached hydrogens (primary N) is 1. The molecule has 5 rings (SSSR count). The summed E-state index contributed by atoms with van der Waals surface area (Å²) < 4.78 is 38.8. The third-order valence-corrected chi connectivity index (χ3v) is 9.56. The Bertz CT molecular complexity index is 1720. The monoisotopic (exact) mass is 773 g/mol. The number of fused-ring (bicyclic) bond motifs is 3. The van der Waals surface area contributed by atoms with Gasteiger partial charge in [-0.1, -0.05) is 34.1 Å². The van der Waals surface area contributed by atoms with Crippen LogP contribution in [0.5, 0.6) is 5.75 Å². The molecule has 0 saturated heterocycles. The number of aliphatic hydroxyl groups is 3. The van der Waals surface area contributed by atoms with Crippen molar-refractivity contribution in [2.75, 3.05) is 19.4 Å². The van der Waals surface area contributed by atoms with Crippen LogP contribution in [0.2, 0.25) is 0 Å². The molecule has 0 aliphatic heterocycles. The number of ketones is 2. The fourth-order valence-electron chi connectivity index (χ4n) is 6.51. The molecule has 16 heteroatoms. The second-order valence-electron chi connectivity index (χ2n) is 11.4. The summed E-state index contributed by atoms with van der Waals surface area (Å²) in [6.07, 6.45) is -4.59. The number of anilines is 1. The zero-order valence-electron chi connectivity index (χ0n) is 24.1. The number of phenolic OH excluding ortho intramolecular Hbond substituents is 1. The number of benzene rings is 2. The molecule has 0 aromatic heterocycles. The number of hydrogen-bond donors (Lipinski definition) is 6. The predicted molar refractivity (Wildman–Crippen MR) is 166 cm³/mol. The quantitative estimate of drug-likeness (QED) is 0.150. The number of alkyl halides is 4. The summed E-state index contributed by atoms with van der Waals surface area (Å²) in [6.45, 7) is 0. The topological polar surface area (TPSA) is 190 Å². The van der Waals surface area contributed by atoms with E-state index in [1.807, 2.05) is 0 Å². The number of carbonyl (C=O) groups is 4. The van der Waals surface area contributed by atoms with Gasteiger partial charge in [0, 0.05) is 11.5 Å². The van der Waals surface area contributed by atoms with E-state index in [0.29, 0.717) is 5.56 Å². The van der Waals surface area contributed by atoms with E-state index in [9.17, 15) is 52.8 Å². The van der Waals surface area contributed by atoms with Crippen molar-refractivity contribution in [3.05, 3.63) is 75.6 Å². The lowest BCUT2D eigenvalue weighted by molar-refractivity contribution is -0.153. The van der Waals surface area contributed by atoms with Crippen molar-refractivity contribution in [3.8, 4) is 5.75 Å². The zero-order valence-corrected chi connectivity index (χ0v) is 27.4. The highest BCUT2D eigenvalue weighted by Gasteiger charge is 2.64. The van der Waals surface area contributed by atoms with E-state index in [-0.39, 0.29) is 52.2 Å². The SMILES string of the molecule is Br.CN(C)[C@@H]1C(=O)C(C(N)=O)=C(O)C2(O)C(=O)C3=C(O)c4c(ccc(NC(=O)C(Br)c5ccc(C(F)(F)F)cc5)c4O)CC3CC12. The van der Waals surface area contributed by atoms with Gasteiger partial charge in [0.25, 0.3) is 5.91 Å². The average molecular weight is 775 g/mol. The van der Waals surface area contributed by atoms with Gasteiger partial charge in [0.05, 0.1) is 22.9 Å². The average Bonchev–Trinajstić information content (AvgIpc) is 2.95. The third-order valence-electron chi connectivity index (χ3n) is 8.61. The van der Waals surface area contributed by atoms with Gasteiger partial charge in [-0.2, -0.15) is 13.2 Å². The molecular weight excluding hydrogens is 747 g/mol. The number of likely N-dealkylation sites (N-methyl/N-ethyl adjacent to an activating group) is 1. The number of nitrogens with zero attached hydrogens (tertiary/aromatic N) is 1. The van der Waals surface area contributed by atoms with Crippen LogP contribution < -0.4 is 11.1 Å². The van der Waals surface area contributed by atoms with E-state index in [1.54, 1.807) is 0 Å². The molecule has 246 valence electrons. The Morgan fingerprint density at radius 3 is 2.24 bits per heavy atom. The molecule has 11 nitrogen and oxygen atoms in total. The molecule has 1 saturated carbocycles. The van der Waals surface area contributed by atoms with Gasteiger partial charge in [0.15, 0.2) is 11.4 Å². The Morgan fingerprint density at radius 2 is 1.70 bits per heavy atom. The fraction of sp³-hybridized carbons (Fsp3) is 0.333. The lowest BCUT2D eigenvalue weighted by Crippen LogP contribution is -2.65. The fourth-order valence-corrected chi connectivity index (χ4v) is 6.93. The molecule has 0 bridgehead atoms. The first-order valence-electron chi connectivity index (χ1n) is 13.5. The van der Waals surface area contributed by atoms with Crippen molar-refractivity contribution >= 4 is 67.7 Å². The Kier molecular flexibility index (Phi) is 9.27. The number of Topliss-reactive ketones (excluding diaryl/α,β-unsaturated/α-hetero) is 2. The largest absolute Gasteiger partial charge is 0.508 e. The maximum Gasteiger partial charge on any atom is 0.416 e. The second kappa shape index (κ2) is 12.1. The van der Waals surface area contributed by atoms with Crippen LogP contribution >= 0.6 is 32.9 Å². The van der Waals surface area contributed by atoms with Gasteiger partial charge in [-0.05, 0) is 62.2 Å². The number of amides is 2. The number of nitrogens with one attached hydrogen (secondary N) is 1. The Morgan fingerprint density at radius 1 is 1.09 bits per heavy atom. The summed E-state index contributed by atoms with van der Waals surface area (Å²) >= 11 is 3.13. The Balaban J connectivity index is 0.00000480. The van der Waals surface area contributed by atoms with Gasteiger partial charge >= 0.3 is 6.18 Å². The van der Waals surface area contributed by atoms with Gasteiger partial charge < -0.3 is 31.5 Å². The van der Waals surface area contributed by atoms with Crippen LogP contribution in [-0.2, 0) is 31.8 Å². The number of aliphatic hydroxyl groups excluding tert-OH is 2. The zero-order chi connectivity index (χ0) is 33.3. The first-order valence-corrected chi connectivity index (χ1v) is 14.4. The van der Waals surface area contributed by atoms with Crippen LogP contribution in [0.3, 0.4) is 0 Å². The summed E-state index contributed by atoms with van der Waals surface area (Å²) in [5, 5.41) is 47.5. The summed E-state index contributed by atoms with van der Waals surface area (Å²) in [5.41, 5.74) is 0.464. The van der Waals surface area contributed by atoms with E-state index in [1.165, 1.54) is 31.1 Å². The van der Waals surface area contributed by atoms with Gasteiger partial charge in [-0.15, -0.1) is 17.0 Å². The minimum Gasteiger partial charge on any atom is -0.508 e. The molecule has 1 fully saturated rings. The van der Waals surface area contributed by atoms with E-state index in [2.05, 4.69) is 21.2 Å². The summed E-state index contributed by atoms with van der Waals surface area (Å²) in [4.78, 5) is 52.4. The normalized spacial score (nSPS) is 24.9. The van der Waals surface area contributed by atoms with Crippen molar-refractivity contribution in [1.82, 2.24) is 4.90 Å². The van der Waals surface area contributed by atoms with Gasteiger partial charge in [-0.3, -0.25) is 24.1 Å². The molecule has 2 aromatic carbocycles. The number of carbonyl (C=O) groups excluding carboxylic acids is 4. The molecule has 7 N–H and O–H groups in total. The van der Waals surface area contributed by atoms with Crippen LogP contribution in [0, 0.1) is 11.8 Å². The highest BCUT2D eigenvalue weighted by atomic mass is 79.9. The molecule has 46 heavy (non-hydrogen) atoms. The minimum absolute atomic E-state index is 0. The molecular formula is C30H28Br2F3N3O8. The summed E-state index contributed by atoms with van der Waals surface area (Å²) in [6, 6.07) is 5.48. The number of halogens is 5. The molecule has 5 atom stereocenters. The van der Waals surface area contributed by atoms with Gasteiger partial charge in [0.1, 0.15) is 27.7 Å². The predicted octanol–water partition coefficient (Wildman–Crippen LogP) is 3.64. The molecule has 0 heterocycles. The highest BCUT2D eigenvalue weighted by molar-refractivity contribution is 9.09. The lowest BCUT2D eigenvalue weighted by atomic mass is 9.57. The summed E-state index contributed by atoms with van der Waals surface area (Å²) in [5.74, 6) is -8.73. The molecule has 3 aliphatic carbocycles. The van der Waals surface area contributed by atoms with E-state index in [0.717, 1.165) is 24.3 Å². The van der Waals surface area contributed by atoms with Gasteiger partial charge in [-0.25, -0.2) is 0 Å². The number of hydrogen-bond acceptors (Lipinski definition) is 9. The summed E-state index contributed by atoms with van der Waals surface area (Å²) in [7, 11) is 2.99. The molecule has 2 aromatic rings. The van der Waals surface area contributed by atoms with E-state index >= 15 is 0 Å². The number of primary amides is 1. The standard InChI is InChI=1S/C30H27BrF3N3O8.BrH/c1-37(2)21-15-10-13-9-12-5-8-16(36-28(44)20(31)11-3-6-14(7-4-11)30(32,33)34)22(38)17(12)23(39)18(13)25(41)29(15,45)26(42)19(24(21)40)27(35)43;/h3-8,13,15,20-21,38-39,42,45H,9-10H2,1-2H3,(H2,35,43)(H,36,44);1H/t13?,15?,20?,21-,29?;/m0./s1. The second-order valence-corrected chi connectivity index (χ2v) is 12.3. The molecule has 0 spiro atoms. The maximum atomic E-state index is 13.9. The number of aromatic hydroxyl groups is 1. The van der Waals surface area contributed by atoms with Crippen molar-refractivity contribution in [2.45, 2.75) is 35.5 Å². The van der Waals surface area contributed by atoms with Crippen molar-refractivity contribution in [1.29, 1.82) is 0 Å². The Hall–Kier alpha value is -3.73. The minimum atomic E-state index is -4.56. The molecule has 3 aliphatic rings. The van der Waals surface area contributed by atoms with Crippen LogP contribution in [0.15, 0.2) is 53.3 Å². The highest BCUT2D eigenvalue weighted by Crippen LogP contribution is 2.53. The van der Waals surface area contributed by atoms with E-state index in [4.69, 9.17) is 5.73 Å². The van der Waals surface area contributed by atoms with Crippen LogP contribution in [0.25, 0.3) is 5.76 Å². The Labute approximate surface area is 278 Å². The molecule has 0 radical (unpaired) electrons. The van der Waals surface area contributed by atoms with Crippen LogP contribution in [0.1, 0.15) is 33.5 Å². The van der Waals surface area contributed by atoms with Crippen molar-refractivity contribution in [2.24, 2.45) is 17.6 Å². The van der Waals surface area contributed by atoms with E-state index < -0.39 is 86.3 Å². The van der Waals surface area contributed by atoms with Gasteiger partial charge in [0.2, 0.25) is 11.7 Å². The maximum absolute atomic E-state index is 13.9.